The van der Waals surface area contributed by atoms with Crippen molar-refractivity contribution in [2.45, 2.75) is 52.6 Å². The van der Waals surface area contributed by atoms with Crippen LogP contribution in [-0.2, 0) is 19.1 Å². The van der Waals surface area contributed by atoms with Gasteiger partial charge in [0, 0.05) is 12.8 Å². The predicted octanol–water partition coefficient (Wildman–Crippen LogP) is 3.13. The van der Waals surface area contributed by atoms with Gasteiger partial charge >= 0.3 is 11.9 Å². The largest absolute Gasteiger partial charge is 0.458 e. The molecule has 0 spiro atoms. The van der Waals surface area contributed by atoms with Crippen LogP contribution in [0.4, 0.5) is 0 Å². The monoisotopic (exact) mass is 266 g/mol. The highest BCUT2D eigenvalue weighted by Gasteiger charge is 2.39. The first-order valence-electron chi connectivity index (χ1n) is 6.74. The summed E-state index contributed by atoms with van der Waals surface area (Å²) in [4.78, 5) is 22.9. The molecule has 0 saturated carbocycles. The van der Waals surface area contributed by atoms with Gasteiger partial charge in [0.15, 0.2) is 0 Å². The third-order valence-corrected chi connectivity index (χ3v) is 3.23. The Hall–Kier alpha value is -1.58. The van der Waals surface area contributed by atoms with E-state index in [9.17, 15) is 9.59 Å². The molecule has 106 valence electrons. The molecule has 0 bridgehead atoms. The fraction of sp³-hybridized carbons (Fsp3) is 0.600. The molecule has 0 aromatic heterocycles. The summed E-state index contributed by atoms with van der Waals surface area (Å²) < 4.78 is 10.4. The number of rotatable bonds is 6. The molecular weight excluding hydrogens is 244 g/mol. The van der Waals surface area contributed by atoms with Crippen LogP contribution in [0.2, 0.25) is 0 Å². The van der Waals surface area contributed by atoms with Crippen LogP contribution in [-0.4, -0.2) is 18.0 Å². The molecule has 1 aliphatic heterocycles. The van der Waals surface area contributed by atoms with E-state index in [4.69, 9.17) is 9.47 Å². The van der Waals surface area contributed by atoms with Crippen LogP contribution in [0.1, 0.15) is 46.5 Å². The van der Waals surface area contributed by atoms with E-state index in [1.807, 2.05) is 0 Å². The van der Waals surface area contributed by atoms with Crippen molar-refractivity contribution in [1.82, 2.24) is 0 Å². The summed E-state index contributed by atoms with van der Waals surface area (Å²) in [5.41, 5.74) is 0.423. The van der Waals surface area contributed by atoms with Crippen molar-refractivity contribution < 1.29 is 19.1 Å². The quantitative estimate of drug-likeness (QED) is 0.244. The summed E-state index contributed by atoms with van der Waals surface area (Å²) in [5, 5.41) is 0. The number of hydrogen-bond donors (Lipinski definition) is 0. The Morgan fingerprint density at radius 1 is 1.42 bits per heavy atom. The van der Waals surface area contributed by atoms with E-state index in [2.05, 4.69) is 13.5 Å². The van der Waals surface area contributed by atoms with Crippen molar-refractivity contribution in [3.05, 3.63) is 24.0 Å². The van der Waals surface area contributed by atoms with Gasteiger partial charge in [0.05, 0.1) is 5.57 Å². The zero-order valence-corrected chi connectivity index (χ0v) is 11.9. The molecule has 0 radical (unpaired) electrons. The van der Waals surface area contributed by atoms with Crippen LogP contribution in [0.15, 0.2) is 24.0 Å². The number of hydrogen-bond acceptors (Lipinski definition) is 4. The van der Waals surface area contributed by atoms with Crippen molar-refractivity contribution in [2.75, 3.05) is 0 Å². The van der Waals surface area contributed by atoms with E-state index in [1.165, 1.54) is 6.92 Å². The van der Waals surface area contributed by atoms with E-state index in [1.54, 1.807) is 13.0 Å². The lowest BCUT2D eigenvalue weighted by molar-refractivity contribution is -0.139. The van der Waals surface area contributed by atoms with Crippen LogP contribution in [0.25, 0.3) is 0 Å². The predicted molar refractivity (Wildman–Crippen MR) is 72.2 cm³/mol. The van der Waals surface area contributed by atoms with Gasteiger partial charge in [-0.05, 0) is 19.8 Å². The molecule has 4 heteroatoms. The first-order valence-corrected chi connectivity index (χ1v) is 6.74. The SMILES string of the molecule is C=C[C@H]1/C(=C(\C)OC(C)=O)C(=O)O[C@H]1CCCCC. The lowest BCUT2D eigenvalue weighted by atomic mass is 9.92. The van der Waals surface area contributed by atoms with Gasteiger partial charge in [-0.25, -0.2) is 4.79 Å². The van der Waals surface area contributed by atoms with Gasteiger partial charge in [-0.3, -0.25) is 4.79 Å². The lowest BCUT2D eigenvalue weighted by Crippen LogP contribution is -2.15. The van der Waals surface area contributed by atoms with Crippen molar-refractivity contribution in [1.29, 1.82) is 0 Å². The summed E-state index contributed by atoms with van der Waals surface area (Å²) in [6.45, 7) is 8.81. The molecular formula is C15H22O4. The van der Waals surface area contributed by atoms with Gasteiger partial charge in [-0.15, -0.1) is 6.58 Å². The summed E-state index contributed by atoms with van der Waals surface area (Å²) in [6, 6.07) is 0. The zero-order valence-electron chi connectivity index (χ0n) is 11.9. The normalized spacial score (nSPS) is 24.9. The van der Waals surface area contributed by atoms with E-state index < -0.39 is 11.9 Å². The first-order chi connectivity index (χ1) is 9.01. The maximum Gasteiger partial charge on any atom is 0.338 e. The average molecular weight is 266 g/mol. The molecule has 4 nitrogen and oxygen atoms in total. The molecule has 0 unspecified atom stereocenters. The van der Waals surface area contributed by atoms with E-state index in [0.717, 1.165) is 25.7 Å². The maximum absolute atomic E-state index is 11.9. The second-order valence-electron chi connectivity index (χ2n) is 4.76. The highest BCUT2D eigenvalue weighted by Crippen LogP contribution is 2.34. The number of allylic oxidation sites excluding steroid dienone is 1. The molecule has 0 amide bonds. The molecule has 1 rings (SSSR count). The van der Waals surface area contributed by atoms with Gasteiger partial charge in [-0.1, -0.05) is 25.8 Å². The Labute approximate surface area is 114 Å². The third-order valence-electron chi connectivity index (χ3n) is 3.23. The zero-order chi connectivity index (χ0) is 14.4. The second-order valence-corrected chi connectivity index (χ2v) is 4.76. The van der Waals surface area contributed by atoms with Gasteiger partial charge in [0.25, 0.3) is 0 Å². The Bertz CT molecular complexity index is 395. The van der Waals surface area contributed by atoms with Gasteiger partial charge in [0.2, 0.25) is 0 Å². The fourth-order valence-corrected chi connectivity index (χ4v) is 2.35. The number of carbonyl (C=O) groups excluding carboxylic acids is 2. The Morgan fingerprint density at radius 2 is 2.11 bits per heavy atom. The minimum absolute atomic E-state index is 0.183. The van der Waals surface area contributed by atoms with Gasteiger partial charge in [0.1, 0.15) is 11.9 Å². The highest BCUT2D eigenvalue weighted by molar-refractivity contribution is 5.93. The summed E-state index contributed by atoms with van der Waals surface area (Å²) in [6.07, 6.45) is 5.57. The third kappa shape index (κ3) is 3.94. The lowest BCUT2D eigenvalue weighted by Gasteiger charge is -2.14. The van der Waals surface area contributed by atoms with Crippen LogP contribution in [0, 0.1) is 5.92 Å². The van der Waals surface area contributed by atoms with Crippen molar-refractivity contribution in [2.24, 2.45) is 5.92 Å². The molecule has 1 heterocycles. The van der Waals surface area contributed by atoms with Crippen LogP contribution < -0.4 is 0 Å². The second kappa shape index (κ2) is 7.12. The Morgan fingerprint density at radius 3 is 2.63 bits per heavy atom. The Kier molecular flexibility index (Phi) is 5.80. The maximum atomic E-state index is 11.9. The Balaban J connectivity index is 2.85. The molecule has 0 aliphatic carbocycles. The summed E-state index contributed by atoms with van der Waals surface area (Å²) in [7, 11) is 0. The number of esters is 2. The average Bonchev–Trinajstić information content (AvgIpc) is 2.64. The molecule has 19 heavy (non-hydrogen) atoms. The molecule has 1 aliphatic rings. The van der Waals surface area contributed by atoms with Crippen LogP contribution >= 0.6 is 0 Å². The van der Waals surface area contributed by atoms with Crippen LogP contribution in [0.3, 0.4) is 0 Å². The highest BCUT2D eigenvalue weighted by atomic mass is 16.6. The standard InChI is InChI=1S/C15H22O4/c1-5-7-8-9-13-12(6-2)14(15(17)19-13)10(3)18-11(4)16/h6,12-13H,2,5,7-9H2,1,3-4H3/b14-10-/t12-,13+/m1/s1. The summed E-state index contributed by atoms with van der Waals surface area (Å²) >= 11 is 0. The molecule has 0 aromatic carbocycles. The smallest absolute Gasteiger partial charge is 0.338 e. The first kappa shape index (κ1) is 15.5. The number of cyclic esters (lactones) is 1. The molecule has 0 aromatic rings. The van der Waals surface area contributed by atoms with Crippen molar-refractivity contribution in [3.63, 3.8) is 0 Å². The van der Waals surface area contributed by atoms with E-state index >= 15 is 0 Å². The van der Waals surface area contributed by atoms with Gasteiger partial charge in [-0.2, -0.15) is 0 Å². The van der Waals surface area contributed by atoms with E-state index in [0.29, 0.717) is 11.3 Å². The van der Waals surface area contributed by atoms with Crippen molar-refractivity contribution in [3.8, 4) is 0 Å². The topological polar surface area (TPSA) is 52.6 Å². The van der Waals surface area contributed by atoms with E-state index in [-0.39, 0.29) is 12.0 Å². The summed E-state index contributed by atoms with van der Waals surface area (Å²) in [5.74, 6) is -0.704. The van der Waals surface area contributed by atoms with Crippen LogP contribution in [0.5, 0.6) is 0 Å². The minimum Gasteiger partial charge on any atom is -0.458 e. The van der Waals surface area contributed by atoms with Crippen molar-refractivity contribution >= 4 is 11.9 Å². The van der Waals surface area contributed by atoms with Gasteiger partial charge < -0.3 is 9.47 Å². The molecule has 1 saturated heterocycles. The fourth-order valence-electron chi connectivity index (χ4n) is 2.35. The minimum atomic E-state index is -0.435. The number of ether oxygens (including phenoxy) is 2. The number of unbranched alkanes of at least 4 members (excludes halogenated alkanes) is 2. The molecule has 1 fully saturated rings. The number of carbonyl (C=O) groups is 2. The molecule has 2 atom stereocenters. The molecule has 0 N–H and O–H groups in total.